The molecule has 4 nitrogen and oxygen atoms in total. The maximum Gasteiger partial charge on any atom is 0.261 e. The first-order valence-corrected chi connectivity index (χ1v) is 10.9. The minimum absolute atomic E-state index is 0.0836. The molecule has 0 unspecified atom stereocenters. The van der Waals surface area contributed by atoms with Gasteiger partial charge < -0.3 is 15.0 Å². The van der Waals surface area contributed by atoms with Gasteiger partial charge in [0, 0.05) is 23.8 Å². The van der Waals surface area contributed by atoms with E-state index in [1.54, 1.807) is 24.3 Å². The molecule has 1 amide bonds. The van der Waals surface area contributed by atoms with Crippen molar-refractivity contribution < 1.29 is 9.53 Å². The molecule has 1 heterocycles. The van der Waals surface area contributed by atoms with Gasteiger partial charge in [0.25, 0.3) is 5.91 Å². The van der Waals surface area contributed by atoms with E-state index in [0.717, 1.165) is 24.6 Å². The number of rotatable bonds is 7. The number of carbonyl (C=O) groups excluding carboxylic acids is 1. The Morgan fingerprint density at radius 3 is 2.52 bits per heavy atom. The predicted molar refractivity (Wildman–Crippen MR) is 120 cm³/mol. The van der Waals surface area contributed by atoms with E-state index >= 15 is 0 Å². The van der Waals surface area contributed by atoms with Crippen LogP contribution >= 0.6 is 11.6 Å². The Kier molecular flexibility index (Phi) is 7.43. The van der Waals surface area contributed by atoms with Gasteiger partial charge >= 0.3 is 0 Å². The van der Waals surface area contributed by atoms with Crippen LogP contribution in [0.3, 0.4) is 0 Å². The maximum atomic E-state index is 12.7. The second kappa shape index (κ2) is 10.0. The fraction of sp³-hybridized carbons (Fsp3) is 0.458. The number of anilines is 1. The molecule has 1 aliphatic rings. The third-order valence-corrected chi connectivity index (χ3v) is 5.78. The molecule has 1 saturated heterocycles. The molecule has 3 atom stereocenters. The first-order chi connectivity index (χ1) is 14.0. The standard InChI is InChI=1S/C24H31ClN2O2/c1-4-23(29-22-13-9-20(25)10-14-22)24(28)26-18(3)19-7-11-21(12-8-19)27-15-5-6-17(2)16-27/h7-14,17-18,23H,4-6,15-16H2,1-3H3,(H,26,28)/t17-,18-,23+/m1/s1. The van der Waals surface area contributed by atoms with Crippen LogP contribution in [0.5, 0.6) is 5.75 Å². The highest BCUT2D eigenvalue weighted by atomic mass is 35.5. The lowest BCUT2D eigenvalue weighted by atomic mass is 9.99. The molecule has 156 valence electrons. The molecule has 0 aliphatic carbocycles. The van der Waals surface area contributed by atoms with E-state index in [4.69, 9.17) is 16.3 Å². The lowest BCUT2D eigenvalue weighted by Gasteiger charge is -2.33. The molecule has 0 bridgehead atoms. The van der Waals surface area contributed by atoms with Crippen molar-refractivity contribution in [2.45, 2.75) is 52.2 Å². The summed E-state index contributed by atoms with van der Waals surface area (Å²) in [6.45, 7) is 8.50. The Labute approximate surface area is 179 Å². The van der Waals surface area contributed by atoms with Crippen LogP contribution < -0.4 is 15.0 Å². The molecular formula is C24H31ClN2O2. The SMILES string of the molecule is CC[C@H](Oc1ccc(Cl)cc1)C(=O)N[C@H](C)c1ccc(N2CCC[C@@H](C)C2)cc1. The van der Waals surface area contributed by atoms with Crippen molar-refractivity contribution in [2.24, 2.45) is 5.92 Å². The molecule has 0 saturated carbocycles. The van der Waals surface area contributed by atoms with Gasteiger partial charge in [-0.3, -0.25) is 4.79 Å². The lowest BCUT2D eigenvalue weighted by molar-refractivity contribution is -0.128. The zero-order valence-electron chi connectivity index (χ0n) is 17.5. The summed E-state index contributed by atoms with van der Waals surface area (Å²) in [5.41, 5.74) is 2.35. The van der Waals surface area contributed by atoms with E-state index in [-0.39, 0.29) is 11.9 Å². The minimum Gasteiger partial charge on any atom is -0.481 e. The summed E-state index contributed by atoms with van der Waals surface area (Å²) < 4.78 is 5.85. The van der Waals surface area contributed by atoms with Gasteiger partial charge in [0.15, 0.2) is 6.10 Å². The molecule has 1 N–H and O–H groups in total. The van der Waals surface area contributed by atoms with Crippen LogP contribution in [0.1, 0.15) is 51.6 Å². The normalized spacial score (nSPS) is 18.8. The van der Waals surface area contributed by atoms with Crippen molar-refractivity contribution >= 4 is 23.2 Å². The smallest absolute Gasteiger partial charge is 0.261 e. The number of nitrogens with one attached hydrogen (secondary N) is 1. The summed E-state index contributed by atoms with van der Waals surface area (Å²) in [5.74, 6) is 1.28. The number of hydrogen-bond acceptors (Lipinski definition) is 3. The second-order valence-corrected chi connectivity index (χ2v) is 8.42. The van der Waals surface area contributed by atoms with E-state index in [2.05, 4.69) is 41.4 Å². The first kappa shape index (κ1) is 21.5. The van der Waals surface area contributed by atoms with Crippen molar-refractivity contribution in [3.63, 3.8) is 0 Å². The Morgan fingerprint density at radius 2 is 1.90 bits per heavy atom. The van der Waals surface area contributed by atoms with E-state index in [9.17, 15) is 4.79 Å². The Balaban J connectivity index is 1.58. The Hall–Kier alpha value is -2.20. The van der Waals surface area contributed by atoms with E-state index < -0.39 is 6.10 Å². The third kappa shape index (κ3) is 5.89. The number of halogens is 1. The first-order valence-electron chi connectivity index (χ1n) is 10.5. The second-order valence-electron chi connectivity index (χ2n) is 7.98. The molecule has 29 heavy (non-hydrogen) atoms. The van der Waals surface area contributed by atoms with Crippen LogP contribution in [-0.2, 0) is 4.79 Å². The molecule has 2 aromatic rings. The summed E-state index contributed by atoms with van der Waals surface area (Å²) in [5, 5.41) is 3.73. The van der Waals surface area contributed by atoms with E-state index in [1.165, 1.54) is 18.5 Å². The number of ether oxygens (including phenoxy) is 1. The predicted octanol–water partition coefficient (Wildman–Crippen LogP) is 5.61. The summed E-state index contributed by atoms with van der Waals surface area (Å²) >= 11 is 5.91. The Morgan fingerprint density at radius 1 is 1.21 bits per heavy atom. The van der Waals surface area contributed by atoms with Gasteiger partial charge in [-0.15, -0.1) is 0 Å². The number of benzene rings is 2. The van der Waals surface area contributed by atoms with Crippen molar-refractivity contribution in [3.05, 3.63) is 59.1 Å². The maximum absolute atomic E-state index is 12.7. The van der Waals surface area contributed by atoms with Gasteiger partial charge in [-0.25, -0.2) is 0 Å². The number of amides is 1. The van der Waals surface area contributed by atoms with Crippen LogP contribution in [0.2, 0.25) is 5.02 Å². The zero-order valence-corrected chi connectivity index (χ0v) is 18.3. The van der Waals surface area contributed by atoms with Gasteiger partial charge in [-0.2, -0.15) is 0 Å². The highest BCUT2D eigenvalue weighted by Gasteiger charge is 2.21. The van der Waals surface area contributed by atoms with Crippen molar-refractivity contribution in [3.8, 4) is 5.75 Å². The third-order valence-electron chi connectivity index (χ3n) is 5.53. The summed E-state index contributed by atoms with van der Waals surface area (Å²) in [6, 6.07) is 15.5. The van der Waals surface area contributed by atoms with Crippen LogP contribution in [-0.4, -0.2) is 25.1 Å². The van der Waals surface area contributed by atoms with Gasteiger partial charge in [0.05, 0.1) is 6.04 Å². The molecule has 0 aromatic heterocycles. The van der Waals surface area contributed by atoms with Crippen molar-refractivity contribution in [2.75, 3.05) is 18.0 Å². The van der Waals surface area contributed by atoms with Gasteiger partial charge in [0.1, 0.15) is 5.75 Å². The fourth-order valence-corrected chi connectivity index (χ4v) is 3.91. The molecule has 0 radical (unpaired) electrons. The van der Waals surface area contributed by atoms with E-state index in [1.807, 2.05) is 13.8 Å². The number of hydrogen-bond donors (Lipinski definition) is 1. The highest BCUT2D eigenvalue weighted by Crippen LogP contribution is 2.25. The molecule has 3 rings (SSSR count). The lowest BCUT2D eigenvalue weighted by Crippen LogP contribution is -2.39. The van der Waals surface area contributed by atoms with Crippen molar-refractivity contribution in [1.82, 2.24) is 5.32 Å². The monoisotopic (exact) mass is 414 g/mol. The number of piperidine rings is 1. The summed E-state index contributed by atoms with van der Waals surface area (Å²) in [7, 11) is 0. The number of carbonyl (C=O) groups is 1. The molecule has 1 fully saturated rings. The molecule has 0 spiro atoms. The van der Waals surface area contributed by atoms with Gasteiger partial charge in [-0.1, -0.05) is 37.6 Å². The molecular weight excluding hydrogens is 384 g/mol. The van der Waals surface area contributed by atoms with Crippen LogP contribution in [0.25, 0.3) is 0 Å². The van der Waals surface area contributed by atoms with Crippen LogP contribution in [0.15, 0.2) is 48.5 Å². The average molecular weight is 415 g/mol. The quantitative estimate of drug-likeness (QED) is 0.640. The highest BCUT2D eigenvalue weighted by molar-refractivity contribution is 6.30. The number of nitrogens with zero attached hydrogens (tertiary/aromatic N) is 1. The summed E-state index contributed by atoms with van der Waals surface area (Å²) in [4.78, 5) is 15.2. The molecule has 1 aliphatic heterocycles. The van der Waals surface area contributed by atoms with Crippen LogP contribution in [0, 0.1) is 5.92 Å². The average Bonchev–Trinajstić information content (AvgIpc) is 2.73. The zero-order chi connectivity index (χ0) is 20.8. The van der Waals surface area contributed by atoms with Crippen molar-refractivity contribution in [1.29, 1.82) is 0 Å². The fourth-order valence-electron chi connectivity index (χ4n) is 3.79. The Bertz CT molecular complexity index is 792. The minimum atomic E-state index is -0.535. The molecule has 2 aromatic carbocycles. The topological polar surface area (TPSA) is 41.6 Å². The largest absolute Gasteiger partial charge is 0.481 e. The van der Waals surface area contributed by atoms with Crippen LogP contribution in [0.4, 0.5) is 5.69 Å². The van der Waals surface area contributed by atoms with Gasteiger partial charge in [-0.05, 0) is 74.1 Å². The van der Waals surface area contributed by atoms with E-state index in [0.29, 0.717) is 17.2 Å². The summed E-state index contributed by atoms with van der Waals surface area (Å²) in [6.07, 6.45) is 2.62. The van der Waals surface area contributed by atoms with Gasteiger partial charge in [0.2, 0.25) is 0 Å². The molecule has 5 heteroatoms.